The number of hydrogen-bond donors (Lipinski definition) is 1. The van der Waals surface area contributed by atoms with Gasteiger partial charge in [0.2, 0.25) is 5.91 Å². The molecule has 3 aromatic rings. The summed E-state index contributed by atoms with van der Waals surface area (Å²) < 4.78 is 15.5. The summed E-state index contributed by atoms with van der Waals surface area (Å²) in [5.41, 5.74) is 3.29. The maximum atomic E-state index is 13.3. The van der Waals surface area contributed by atoms with E-state index in [1.807, 2.05) is 25.1 Å². The van der Waals surface area contributed by atoms with Crippen molar-refractivity contribution in [3.05, 3.63) is 65.2 Å². The SMILES string of the molecule is Cc1ccc(-c2nnc3n2CCCCC3)cc1NC(=O)Cc1cccc(F)c1. The van der Waals surface area contributed by atoms with Crippen LogP contribution in [0.2, 0.25) is 0 Å². The van der Waals surface area contributed by atoms with Gasteiger partial charge in [0.15, 0.2) is 5.82 Å². The molecule has 2 aromatic carbocycles. The van der Waals surface area contributed by atoms with Gasteiger partial charge in [-0.05, 0) is 49.1 Å². The number of amides is 1. The molecule has 6 heteroatoms. The molecule has 28 heavy (non-hydrogen) atoms. The zero-order chi connectivity index (χ0) is 19.5. The van der Waals surface area contributed by atoms with Gasteiger partial charge in [0, 0.05) is 24.2 Å². The van der Waals surface area contributed by atoms with Crippen LogP contribution in [0.5, 0.6) is 0 Å². The van der Waals surface area contributed by atoms with Gasteiger partial charge in [-0.15, -0.1) is 10.2 Å². The number of halogens is 1. The van der Waals surface area contributed by atoms with Crippen molar-refractivity contribution in [2.45, 2.75) is 45.6 Å². The number of aryl methyl sites for hydroxylation is 2. The van der Waals surface area contributed by atoms with Gasteiger partial charge in [0.1, 0.15) is 11.6 Å². The Morgan fingerprint density at radius 3 is 2.89 bits per heavy atom. The minimum absolute atomic E-state index is 0.127. The smallest absolute Gasteiger partial charge is 0.228 e. The van der Waals surface area contributed by atoms with Crippen LogP contribution in [-0.4, -0.2) is 20.7 Å². The molecule has 0 radical (unpaired) electrons. The number of nitrogens with one attached hydrogen (secondary N) is 1. The molecule has 0 saturated heterocycles. The fourth-order valence-electron chi connectivity index (χ4n) is 3.62. The summed E-state index contributed by atoms with van der Waals surface area (Å²) >= 11 is 0. The Kier molecular flexibility index (Phi) is 5.19. The van der Waals surface area contributed by atoms with E-state index in [0.29, 0.717) is 5.56 Å². The van der Waals surface area contributed by atoms with Crippen LogP contribution in [0.1, 0.15) is 36.2 Å². The molecule has 0 fully saturated rings. The highest BCUT2D eigenvalue weighted by atomic mass is 19.1. The van der Waals surface area contributed by atoms with E-state index in [1.165, 1.54) is 18.6 Å². The Morgan fingerprint density at radius 2 is 2.04 bits per heavy atom. The summed E-state index contributed by atoms with van der Waals surface area (Å²) in [5.74, 6) is 1.36. The van der Waals surface area contributed by atoms with E-state index < -0.39 is 0 Å². The lowest BCUT2D eigenvalue weighted by molar-refractivity contribution is -0.115. The van der Waals surface area contributed by atoms with Crippen LogP contribution >= 0.6 is 0 Å². The van der Waals surface area contributed by atoms with Gasteiger partial charge in [-0.2, -0.15) is 0 Å². The third-order valence-corrected chi connectivity index (χ3v) is 5.13. The third-order valence-electron chi connectivity index (χ3n) is 5.13. The summed E-state index contributed by atoms with van der Waals surface area (Å²) in [7, 11) is 0. The number of anilines is 1. The number of aromatic nitrogens is 3. The number of fused-ring (bicyclic) bond motifs is 1. The molecular formula is C22H23FN4O. The van der Waals surface area contributed by atoms with Gasteiger partial charge in [0.05, 0.1) is 6.42 Å². The van der Waals surface area contributed by atoms with E-state index in [1.54, 1.807) is 12.1 Å². The lowest BCUT2D eigenvalue weighted by Crippen LogP contribution is -2.15. The summed E-state index contributed by atoms with van der Waals surface area (Å²) in [4.78, 5) is 12.5. The van der Waals surface area contributed by atoms with Crippen molar-refractivity contribution in [3.8, 4) is 11.4 Å². The Morgan fingerprint density at radius 1 is 1.14 bits per heavy atom. The van der Waals surface area contributed by atoms with E-state index in [9.17, 15) is 9.18 Å². The molecule has 1 aliphatic rings. The van der Waals surface area contributed by atoms with Crippen LogP contribution in [0.25, 0.3) is 11.4 Å². The number of carbonyl (C=O) groups excluding carboxylic acids is 1. The van der Waals surface area contributed by atoms with Gasteiger partial charge in [-0.1, -0.05) is 30.7 Å². The predicted octanol–water partition coefficient (Wildman–Crippen LogP) is 4.30. The fraction of sp³-hybridized carbons (Fsp3) is 0.318. The molecule has 144 valence electrons. The average Bonchev–Trinajstić information content (AvgIpc) is 2.92. The van der Waals surface area contributed by atoms with E-state index >= 15 is 0 Å². The zero-order valence-electron chi connectivity index (χ0n) is 15.9. The summed E-state index contributed by atoms with van der Waals surface area (Å²) in [6, 6.07) is 12.1. The molecule has 0 atom stereocenters. The summed E-state index contributed by atoms with van der Waals surface area (Å²) in [5, 5.41) is 11.7. The lowest BCUT2D eigenvalue weighted by atomic mass is 10.1. The number of carbonyl (C=O) groups is 1. The molecule has 2 heterocycles. The molecule has 0 spiro atoms. The van der Waals surface area contributed by atoms with Crippen molar-refractivity contribution in [2.75, 3.05) is 5.32 Å². The molecule has 0 unspecified atom stereocenters. The Hall–Kier alpha value is -3.02. The normalized spacial score (nSPS) is 13.6. The van der Waals surface area contributed by atoms with Crippen molar-refractivity contribution >= 4 is 11.6 Å². The standard InChI is InChI=1S/C22H23FN4O/c1-15-9-10-17(22-26-25-20-8-3-2-4-11-27(20)22)14-19(15)24-21(28)13-16-6-5-7-18(23)12-16/h5-7,9-10,12,14H,2-4,8,11,13H2,1H3,(H,24,28). The van der Waals surface area contributed by atoms with Crippen molar-refractivity contribution in [3.63, 3.8) is 0 Å². The lowest BCUT2D eigenvalue weighted by Gasteiger charge is -2.12. The van der Waals surface area contributed by atoms with Crippen LogP contribution in [-0.2, 0) is 24.2 Å². The predicted molar refractivity (Wildman–Crippen MR) is 106 cm³/mol. The minimum atomic E-state index is -0.337. The first kappa shape index (κ1) is 18.3. The molecule has 0 bridgehead atoms. The monoisotopic (exact) mass is 378 g/mol. The number of nitrogens with zero attached hydrogens (tertiary/aromatic N) is 3. The van der Waals surface area contributed by atoms with Crippen molar-refractivity contribution in [2.24, 2.45) is 0 Å². The highest BCUT2D eigenvalue weighted by Crippen LogP contribution is 2.27. The van der Waals surface area contributed by atoms with Crippen LogP contribution in [0.15, 0.2) is 42.5 Å². The van der Waals surface area contributed by atoms with Crippen LogP contribution in [0.4, 0.5) is 10.1 Å². The van der Waals surface area contributed by atoms with Crippen molar-refractivity contribution in [1.29, 1.82) is 0 Å². The van der Waals surface area contributed by atoms with Gasteiger partial charge < -0.3 is 9.88 Å². The second-order valence-electron chi connectivity index (χ2n) is 7.29. The molecule has 4 rings (SSSR count). The summed E-state index contributed by atoms with van der Waals surface area (Å²) in [6.07, 6.45) is 4.56. The quantitative estimate of drug-likeness (QED) is 0.736. The van der Waals surface area contributed by atoms with E-state index in [0.717, 1.165) is 54.3 Å². The molecule has 0 aliphatic carbocycles. The topological polar surface area (TPSA) is 59.8 Å². The van der Waals surface area contributed by atoms with Crippen LogP contribution in [0.3, 0.4) is 0 Å². The highest BCUT2D eigenvalue weighted by Gasteiger charge is 2.17. The van der Waals surface area contributed by atoms with Gasteiger partial charge in [0.25, 0.3) is 0 Å². The molecule has 0 saturated carbocycles. The molecule has 1 amide bonds. The van der Waals surface area contributed by atoms with Crippen molar-refractivity contribution < 1.29 is 9.18 Å². The van der Waals surface area contributed by atoms with Crippen LogP contribution in [0, 0.1) is 12.7 Å². The zero-order valence-corrected chi connectivity index (χ0v) is 15.9. The van der Waals surface area contributed by atoms with Crippen LogP contribution < -0.4 is 5.32 Å². The van der Waals surface area contributed by atoms with E-state index in [-0.39, 0.29) is 18.1 Å². The molecule has 1 aliphatic heterocycles. The largest absolute Gasteiger partial charge is 0.326 e. The van der Waals surface area contributed by atoms with E-state index in [4.69, 9.17) is 0 Å². The molecule has 1 aromatic heterocycles. The van der Waals surface area contributed by atoms with Gasteiger partial charge in [-0.3, -0.25) is 4.79 Å². The maximum Gasteiger partial charge on any atom is 0.228 e. The average molecular weight is 378 g/mol. The third kappa shape index (κ3) is 3.96. The number of rotatable bonds is 4. The second-order valence-corrected chi connectivity index (χ2v) is 7.29. The first-order valence-corrected chi connectivity index (χ1v) is 9.67. The van der Waals surface area contributed by atoms with Gasteiger partial charge in [-0.25, -0.2) is 4.39 Å². The molecular weight excluding hydrogens is 355 g/mol. The first-order valence-electron chi connectivity index (χ1n) is 9.67. The Labute approximate surface area is 163 Å². The Bertz CT molecular complexity index is 1010. The first-order chi connectivity index (χ1) is 13.6. The summed E-state index contributed by atoms with van der Waals surface area (Å²) in [6.45, 7) is 2.87. The van der Waals surface area contributed by atoms with E-state index in [2.05, 4.69) is 20.1 Å². The second kappa shape index (κ2) is 7.92. The number of hydrogen-bond acceptors (Lipinski definition) is 3. The molecule has 5 nitrogen and oxygen atoms in total. The maximum absolute atomic E-state index is 13.3. The minimum Gasteiger partial charge on any atom is -0.326 e. The fourth-order valence-corrected chi connectivity index (χ4v) is 3.62. The Balaban J connectivity index is 1.56. The van der Waals surface area contributed by atoms with Gasteiger partial charge >= 0.3 is 0 Å². The van der Waals surface area contributed by atoms with Crippen molar-refractivity contribution in [1.82, 2.24) is 14.8 Å². The molecule has 1 N–H and O–H groups in total. The highest BCUT2D eigenvalue weighted by molar-refractivity contribution is 5.93. The number of benzene rings is 2.